The lowest BCUT2D eigenvalue weighted by atomic mass is 10.1. The van der Waals surface area contributed by atoms with Gasteiger partial charge in [-0.2, -0.15) is 16.9 Å². The van der Waals surface area contributed by atoms with Crippen LogP contribution < -0.4 is 5.32 Å². The topological polar surface area (TPSA) is 151 Å². The molecule has 4 rings (SSSR count). The minimum absolute atomic E-state index is 0.379. The highest BCUT2D eigenvalue weighted by atomic mass is 32.2. The van der Waals surface area contributed by atoms with E-state index < -0.39 is 18.2 Å². The van der Waals surface area contributed by atoms with Crippen molar-refractivity contribution in [1.82, 2.24) is 40.1 Å². The number of thioether (sulfide) groups is 2. The fraction of sp³-hybridized carbons (Fsp3) is 0.667. The first-order chi connectivity index (χ1) is 15.0. The molecule has 0 aliphatic heterocycles. The smallest absolute Gasteiger partial charge is 0.191 e. The fourth-order valence-electron chi connectivity index (χ4n) is 3.74. The molecule has 0 radical (unpaired) electrons. The summed E-state index contributed by atoms with van der Waals surface area (Å²) < 4.78 is 1.61. The van der Waals surface area contributed by atoms with Crippen molar-refractivity contribution in [3.05, 3.63) is 11.6 Å². The van der Waals surface area contributed by atoms with Gasteiger partial charge in [-0.15, -0.1) is 5.10 Å². The van der Waals surface area contributed by atoms with Gasteiger partial charge in [0.2, 0.25) is 0 Å². The highest BCUT2D eigenvalue weighted by molar-refractivity contribution is 7.99. The van der Waals surface area contributed by atoms with Crippen LogP contribution in [-0.4, -0.2) is 86.9 Å². The third-order valence-electron chi connectivity index (χ3n) is 5.27. The number of aryl methyl sites for hydroxylation is 1. The van der Waals surface area contributed by atoms with Gasteiger partial charge in [-0.05, 0) is 26.0 Å². The summed E-state index contributed by atoms with van der Waals surface area (Å²) in [6.45, 7) is 4.63. The molecule has 1 aliphatic rings. The summed E-state index contributed by atoms with van der Waals surface area (Å²) >= 11 is 3.32. The Morgan fingerprint density at radius 1 is 1.19 bits per heavy atom. The van der Waals surface area contributed by atoms with Gasteiger partial charge < -0.3 is 15.5 Å². The molecule has 3 heterocycles. The van der Waals surface area contributed by atoms with Crippen LogP contribution in [0, 0.1) is 6.92 Å². The van der Waals surface area contributed by atoms with Crippen molar-refractivity contribution in [1.29, 1.82) is 0 Å². The lowest BCUT2D eigenvalue weighted by molar-refractivity contribution is 0.0146. The molecular weight excluding hydrogens is 438 g/mol. The molecule has 1 aliphatic carbocycles. The molecule has 0 aromatic carbocycles. The van der Waals surface area contributed by atoms with Gasteiger partial charge in [-0.3, -0.25) is 5.10 Å². The number of aromatic nitrogens is 8. The number of H-pyrrole nitrogens is 1. The Hall–Kier alpha value is -1.96. The zero-order valence-electron chi connectivity index (χ0n) is 17.7. The van der Waals surface area contributed by atoms with Gasteiger partial charge in [0.05, 0.1) is 12.1 Å². The number of aliphatic hydroxyl groups excluding tert-OH is 2. The van der Waals surface area contributed by atoms with Crippen LogP contribution in [0.3, 0.4) is 0 Å². The molecule has 0 unspecified atom stereocenters. The van der Waals surface area contributed by atoms with E-state index in [-0.39, 0.29) is 5.92 Å². The molecule has 168 valence electrons. The van der Waals surface area contributed by atoms with Gasteiger partial charge in [0.25, 0.3) is 0 Å². The Labute approximate surface area is 188 Å². The third kappa shape index (κ3) is 4.49. The summed E-state index contributed by atoms with van der Waals surface area (Å²) in [5, 5.41) is 41.0. The molecule has 31 heavy (non-hydrogen) atoms. The van der Waals surface area contributed by atoms with Gasteiger partial charge >= 0.3 is 0 Å². The maximum absolute atomic E-state index is 10.8. The van der Waals surface area contributed by atoms with Crippen LogP contribution in [0.15, 0.2) is 5.16 Å². The van der Waals surface area contributed by atoms with E-state index in [4.69, 9.17) is 0 Å². The fourth-order valence-corrected chi connectivity index (χ4v) is 4.74. The van der Waals surface area contributed by atoms with E-state index in [2.05, 4.69) is 54.0 Å². The Morgan fingerprint density at radius 2 is 2.03 bits per heavy atom. The first-order valence-electron chi connectivity index (χ1n) is 10.3. The SMILES string of the molecule is CCCSc1nc(NCCSC)c2nnn([C@@H]3C[C@H](c4nc(C)n[nH]4)[C@@H](O)[C@H]3O)c2n1. The normalized spacial score (nSPS) is 23.6. The predicted molar refractivity (Wildman–Crippen MR) is 121 cm³/mol. The van der Waals surface area contributed by atoms with E-state index in [1.165, 1.54) is 0 Å². The highest BCUT2D eigenvalue weighted by Gasteiger charge is 2.46. The average molecular weight is 466 g/mol. The zero-order valence-corrected chi connectivity index (χ0v) is 19.3. The van der Waals surface area contributed by atoms with Crippen LogP contribution in [0.2, 0.25) is 0 Å². The molecule has 0 spiro atoms. The Kier molecular flexibility index (Phi) is 6.94. The number of hydrogen-bond donors (Lipinski definition) is 4. The molecular formula is C18H27N9O2S2. The summed E-state index contributed by atoms with van der Waals surface area (Å²) in [6, 6.07) is -0.492. The largest absolute Gasteiger partial charge is 0.390 e. The van der Waals surface area contributed by atoms with Crippen molar-refractivity contribution < 1.29 is 10.2 Å². The van der Waals surface area contributed by atoms with Crippen LogP contribution in [-0.2, 0) is 0 Å². The molecule has 3 aromatic heterocycles. The van der Waals surface area contributed by atoms with Crippen LogP contribution in [0.5, 0.6) is 0 Å². The minimum atomic E-state index is -1.03. The van der Waals surface area contributed by atoms with E-state index in [9.17, 15) is 10.2 Å². The van der Waals surface area contributed by atoms with Gasteiger partial charge in [0, 0.05) is 24.0 Å². The third-order valence-corrected chi connectivity index (χ3v) is 6.93. The van der Waals surface area contributed by atoms with Crippen LogP contribution >= 0.6 is 23.5 Å². The lowest BCUT2D eigenvalue weighted by Crippen LogP contribution is -2.29. The minimum Gasteiger partial charge on any atom is -0.390 e. The quantitative estimate of drug-likeness (QED) is 0.206. The van der Waals surface area contributed by atoms with E-state index in [1.807, 2.05) is 0 Å². The Bertz CT molecular complexity index is 1030. The lowest BCUT2D eigenvalue weighted by Gasteiger charge is -2.17. The van der Waals surface area contributed by atoms with Gasteiger partial charge in [-0.25, -0.2) is 19.6 Å². The molecule has 4 atom stereocenters. The monoisotopic (exact) mass is 465 g/mol. The van der Waals surface area contributed by atoms with Crippen molar-refractivity contribution in [2.45, 2.75) is 56.0 Å². The molecule has 0 amide bonds. The van der Waals surface area contributed by atoms with Gasteiger partial charge in [0.1, 0.15) is 17.8 Å². The summed E-state index contributed by atoms with van der Waals surface area (Å²) in [6.07, 6.45) is 1.47. The van der Waals surface area contributed by atoms with Crippen LogP contribution in [0.1, 0.15) is 43.4 Å². The number of rotatable bonds is 9. The summed E-state index contributed by atoms with van der Waals surface area (Å²) in [4.78, 5) is 13.6. The average Bonchev–Trinajstić information content (AvgIpc) is 3.45. The number of aromatic amines is 1. The van der Waals surface area contributed by atoms with Crippen molar-refractivity contribution in [3.8, 4) is 0 Å². The van der Waals surface area contributed by atoms with Gasteiger partial charge in [0.15, 0.2) is 22.1 Å². The number of hydrogen-bond acceptors (Lipinski definition) is 11. The maximum atomic E-state index is 10.8. The first kappa shape index (κ1) is 22.2. The second-order valence-corrected chi connectivity index (χ2v) is 9.54. The number of nitrogens with zero attached hydrogens (tertiary/aromatic N) is 7. The second-order valence-electron chi connectivity index (χ2n) is 7.49. The molecule has 13 heteroatoms. The number of aliphatic hydroxyl groups is 2. The Morgan fingerprint density at radius 3 is 2.74 bits per heavy atom. The zero-order chi connectivity index (χ0) is 22.0. The summed E-state index contributed by atoms with van der Waals surface area (Å²) in [5.74, 6) is 3.24. The van der Waals surface area contributed by atoms with E-state index >= 15 is 0 Å². The molecule has 3 aromatic rings. The van der Waals surface area contributed by atoms with Crippen LogP contribution in [0.4, 0.5) is 5.82 Å². The van der Waals surface area contributed by atoms with Crippen molar-refractivity contribution >= 4 is 40.5 Å². The molecule has 1 fully saturated rings. The number of anilines is 1. The first-order valence-corrected chi connectivity index (χ1v) is 12.6. The molecule has 1 saturated carbocycles. The van der Waals surface area contributed by atoms with Crippen LogP contribution in [0.25, 0.3) is 11.2 Å². The molecule has 11 nitrogen and oxygen atoms in total. The maximum Gasteiger partial charge on any atom is 0.191 e. The van der Waals surface area contributed by atoms with E-state index in [1.54, 1.807) is 35.1 Å². The molecule has 0 bridgehead atoms. The summed E-state index contributed by atoms with van der Waals surface area (Å²) in [7, 11) is 0. The van der Waals surface area contributed by atoms with E-state index in [0.717, 1.165) is 24.5 Å². The van der Waals surface area contributed by atoms with Crippen molar-refractivity contribution in [3.63, 3.8) is 0 Å². The Balaban J connectivity index is 1.69. The highest BCUT2D eigenvalue weighted by Crippen LogP contribution is 2.41. The van der Waals surface area contributed by atoms with Crippen molar-refractivity contribution in [2.75, 3.05) is 29.6 Å². The number of fused-ring (bicyclic) bond motifs is 1. The van der Waals surface area contributed by atoms with Gasteiger partial charge in [-0.1, -0.05) is 23.9 Å². The van der Waals surface area contributed by atoms with E-state index in [0.29, 0.717) is 40.2 Å². The summed E-state index contributed by atoms with van der Waals surface area (Å²) in [5.41, 5.74) is 1.11. The molecule has 4 N–H and O–H groups in total. The second kappa shape index (κ2) is 9.67. The standard InChI is InChI=1S/C18H27N9O2S2/c1-4-6-31-18-21-16(19-5-7-30-3)12-17(22-18)27(26-24-12)11-8-10(13(28)14(11)29)15-20-9(2)23-25-15/h10-11,13-14,28-29H,4-8H2,1-3H3,(H,19,21,22)(H,20,23,25)/t10-,11+,13+,14-/m0/s1. The van der Waals surface area contributed by atoms with Crippen molar-refractivity contribution in [2.24, 2.45) is 0 Å². The predicted octanol–water partition coefficient (Wildman–Crippen LogP) is 1.38. The number of nitrogens with one attached hydrogen (secondary N) is 2. The molecule has 0 saturated heterocycles.